The molecule has 3 heteroatoms. The molecule has 0 fully saturated rings. The third-order valence-electron chi connectivity index (χ3n) is 2.90. The minimum atomic E-state index is -0.174. The molecule has 0 spiro atoms. The van der Waals surface area contributed by atoms with E-state index in [2.05, 4.69) is 38.9 Å². The van der Waals surface area contributed by atoms with Gasteiger partial charge in [0.15, 0.2) is 0 Å². The molecule has 1 rings (SSSR count). The van der Waals surface area contributed by atoms with E-state index in [1.54, 1.807) is 0 Å². The van der Waals surface area contributed by atoms with Gasteiger partial charge in [0.05, 0.1) is 11.8 Å². The average molecular weight is 224 g/mol. The van der Waals surface area contributed by atoms with E-state index in [1.165, 1.54) is 0 Å². The molecule has 0 saturated heterocycles. The molecule has 1 unspecified atom stereocenters. The van der Waals surface area contributed by atoms with Crippen molar-refractivity contribution in [1.82, 2.24) is 9.78 Å². The van der Waals surface area contributed by atoms with Gasteiger partial charge in [0.2, 0.25) is 0 Å². The summed E-state index contributed by atoms with van der Waals surface area (Å²) in [4.78, 5) is 0. The first-order valence-electron chi connectivity index (χ1n) is 6.22. The highest BCUT2D eigenvalue weighted by Gasteiger charge is 2.09. The van der Waals surface area contributed by atoms with Crippen molar-refractivity contribution in [3.05, 3.63) is 18.0 Å². The summed E-state index contributed by atoms with van der Waals surface area (Å²) in [6.07, 6.45) is 4.69. The molecule has 0 aliphatic rings. The van der Waals surface area contributed by atoms with Gasteiger partial charge in [-0.1, -0.05) is 13.8 Å². The summed E-state index contributed by atoms with van der Waals surface area (Å²) < 4.78 is 1.98. The maximum atomic E-state index is 9.67. The van der Waals surface area contributed by atoms with Gasteiger partial charge in [-0.25, -0.2) is 0 Å². The van der Waals surface area contributed by atoms with E-state index in [0.717, 1.165) is 25.0 Å². The Kier molecular flexibility index (Phi) is 5.00. The summed E-state index contributed by atoms with van der Waals surface area (Å²) in [6.45, 7) is 8.36. The van der Waals surface area contributed by atoms with Gasteiger partial charge >= 0.3 is 0 Å². The number of hydrogen-bond acceptors (Lipinski definition) is 2. The predicted octanol–water partition coefficient (Wildman–Crippen LogP) is 2.80. The maximum absolute atomic E-state index is 9.67. The summed E-state index contributed by atoms with van der Waals surface area (Å²) in [7, 11) is 0. The number of aryl methyl sites for hydroxylation is 1. The smallest absolute Gasteiger partial charge is 0.0624 e. The molecule has 16 heavy (non-hydrogen) atoms. The Balaban J connectivity index is 2.32. The lowest BCUT2D eigenvalue weighted by Crippen LogP contribution is -2.14. The Morgan fingerprint density at radius 3 is 2.50 bits per heavy atom. The van der Waals surface area contributed by atoms with Crippen molar-refractivity contribution >= 4 is 0 Å². The summed E-state index contributed by atoms with van der Waals surface area (Å²) in [5, 5.41) is 14.2. The van der Waals surface area contributed by atoms with Crippen molar-refractivity contribution in [2.45, 2.75) is 59.1 Å². The normalized spacial score (nSPS) is 13.7. The SMILES string of the molecule is CC(C)C(O)CCCc1ccn(C(C)C)n1. The molecule has 1 heterocycles. The van der Waals surface area contributed by atoms with Crippen molar-refractivity contribution in [1.29, 1.82) is 0 Å². The third kappa shape index (κ3) is 3.97. The van der Waals surface area contributed by atoms with Crippen LogP contribution in [-0.2, 0) is 6.42 Å². The minimum Gasteiger partial charge on any atom is -0.393 e. The highest BCUT2D eigenvalue weighted by atomic mass is 16.3. The van der Waals surface area contributed by atoms with Gasteiger partial charge < -0.3 is 5.11 Å². The zero-order valence-corrected chi connectivity index (χ0v) is 10.8. The molecule has 0 bridgehead atoms. The number of rotatable bonds is 6. The topological polar surface area (TPSA) is 38.0 Å². The monoisotopic (exact) mass is 224 g/mol. The van der Waals surface area contributed by atoms with Gasteiger partial charge in [-0.2, -0.15) is 5.10 Å². The first kappa shape index (κ1) is 13.2. The average Bonchev–Trinajstić information content (AvgIpc) is 2.66. The lowest BCUT2D eigenvalue weighted by Gasteiger charge is -2.13. The second-order valence-electron chi connectivity index (χ2n) is 5.08. The molecule has 0 radical (unpaired) electrons. The molecule has 0 aliphatic heterocycles. The van der Waals surface area contributed by atoms with E-state index < -0.39 is 0 Å². The van der Waals surface area contributed by atoms with Crippen LogP contribution in [0.15, 0.2) is 12.3 Å². The fourth-order valence-corrected chi connectivity index (χ4v) is 1.62. The van der Waals surface area contributed by atoms with Crippen LogP contribution in [0.5, 0.6) is 0 Å². The lowest BCUT2D eigenvalue weighted by molar-refractivity contribution is 0.114. The zero-order chi connectivity index (χ0) is 12.1. The van der Waals surface area contributed by atoms with Crippen LogP contribution in [0, 0.1) is 5.92 Å². The van der Waals surface area contributed by atoms with Crippen LogP contribution in [0.3, 0.4) is 0 Å². The van der Waals surface area contributed by atoms with Crippen molar-refractivity contribution in [3.8, 4) is 0 Å². The van der Waals surface area contributed by atoms with Gasteiger partial charge in [0.25, 0.3) is 0 Å². The number of aliphatic hydroxyl groups is 1. The van der Waals surface area contributed by atoms with Crippen molar-refractivity contribution in [3.63, 3.8) is 0 Å². The first-order valence-corrected chi connectivity index (χ1v) is 6.22. The second-order valence-corrected chi connectivity index (χ2v) is 5.08. The molecule has 92 valence electrons. The molecule has 1 aromatic heterocycles. The highest BCUT2D eigenvalue weighted by molar-refractivity contribution is 4.99. The Bertz CT molecular complexity index is 305. The fraction of sp³-hybridized carbons (Fsp3) is 0.769. The molecule has 1 atom stereocenters. The summed E-state index contributed by atoms with van der Waals surface area (Å²) in [5.74, 6) is 0.355. The van der Waals surface area contributed by atoms with Crippen LogP contribution >= 0.6 is 0 Å². The summed E-state index contributed by atoms with van der Waals surface area (Å²) in [6, 6.07) is 2.50. The maximum Gasteiger partial charge on any atom is 0.0624 e. The molecule has 1 N–H and O–H groups in total. The molecule has 0 saturated carbocycles. The van der Waals surface area contributed by atoms with E-state index in [1.807, 2.05) is 10.9 Å². The molecular formula is C13H24N2O. The van der Waals surface area contributed by atoms with Gasteiger partial charge in [-0.3, -0.25) is 4.68 Å². The minimum absolute atomic E-state index is 0.174. The van der Waals surface area contributed by atoms with Crippen LogP contribution in [0.2, 0.25) is 0 Å². The lowest BCUT2D eigenvalue weighted by atomic mass is 10.0. The molecule has 0 aliphatic carbocycles. The van der Waals surface area contributed by atoms with Gasteiger partial charge in [-0.05, 0) is 45.1 Å². The number of aromatic nitrogens is 2. The Labute approximate surface area is 98.5 Å². The van der Waals surface area contributed by atoms with E-state index >= 15 is 0 Å². The quantitative estimate of drug-likeness (QED) is 0.807. The van der Waals surface area contributed by atoms with Crippen LogP contribution < -0.4 is 0 Å². The number of nitrogens with zero attached hydrogens (tertiary/aromatic N) is 2. The van der Waals surface area contributed by atoms with Crippen LogP contribution in [0.4, 0.5) is 0 Å². The van der Waals surface area contributed by atoms with E-state index in [9.17, 15) is 5.11 Å². The third-order valence-corrected chi connectivity index (χ3v) is 2.90. The molecular weight excluding hydrogens is 200 g/mol. The molecule has 3 nitrogen and oxygen atoms in total. The molecule has 1 aromatic rings. The highest BCUT2D eigenvalue weighted by Crippen LogP contribution is 2.11. The largest absolute Gasteiger partial charge is 0.393 e. The van der Waals surface area contributed by atoms with Crippen molar-refractivity contribution in [2.24, 2.45) is 5.92 Å². The van der Waals surface area contributed by atoms with Gasteiger partial charge in [-0.15, -0.1) is 0 Å². The first-order chi connectivity index (χ1) is 7.50. The van der Waals surface area contributed by atoms with E-state index in [4.69, 9.17) is 0 Å². The van der Waals surface area contributed by atoms with E-state index in [0.29, 0.717) is 12.0 Å². The van der Waals surface area contributed by atoms with Crippen molar-refractivity contribution < 1.29 is 5.11 Å². The predicted molar refractivity (Wildman–Crippen MR) is 66.4 cm³/mol. The van der Waals surface area contributed by atoms with Crippen LogP contribution in [0.25, 0.3) is 0 Å². The molecule has 0 amide bonds. The summed E-state index contributed by atoms with van der Waals surface area (Å²) in [5.41, 5.74) is 1.13. The zero-order valence-electron chi connectivity index (χ0n) is 10.8. The van der Waals surface area contributed by atoms with Crippen LogP contribution in [-0.4, -0.2) is 21.0 Å². The Hall–Kier alpha value is -0.830. The number of hydrogen-bond donors (Lipinski definition) is 1. The Morgan fingerprint density at radius 2 is 2.00 bits per heavy atom. The standard InChI is InChI=1S/C13H24N2O/c1-10(2)13(16)7-5-6-12-8-9-15(14-12)11(3)4/h8-11,13,16H,5-7H2,1-4H3. The van der Waals surface area contributed by atoms with Gasteiger partial charge in [0, 0.05) is 12.2 Å². The Morgan fingerprint density at radius 1 is 1.31 bits per heavy atom. The van der Waals surface area contributed by atoms with Gasteiger partial charge in [0.1, 0.15) is 0 Å². The van der Waals surface area contributed by atoms with E-state index in [-0.39, 0.29) is 6.10 Å². The summed E-state index contributed by atoms with van der Waals surface area (Å²) >= 11 is 0. The molecule has 0 aromatic carbocycles. The van der Waals surface area contributed by atoms with Crippen molar-refractivity contribution in [2.75, 3.05) is 0 Å². The van der Waals surface area contributed by atoms with Crippen LogP contribution in [0.1, 0.15) is 52.3 Å². The fourth-order valence-electron chi connectivity index (χ4n) is 1.62. The second kappa shape index (κ2) is 6.04. The number of aliphatic hydroxyl groups excluding tert-OH is 1.